The van der Waals surface area contributed by atoms with Crippen molar-refractivity contribution in [1.82, 2.24) is 25.2 Å². The van der Waals surface area contributed by atoms with E-state index < -0.39 is 0 Å². The quantitative estimate of drug-likeness (QED) is 0.796. The summed E-state index contributed by atoms with van der Waals surface area (Å²) in [5.74, 6) is -0.140. The van der Waals surface area contributed by atoms with Crippen LogP contribution in [0.3, 0.4) is 0 Å². The van der Waals surface area contributed by atoms with Crippen LogP contribution in [0.4, 0.5) is 0 Å². The summed E-state index contributed by atoms with van der Waals surface area (Å²) < 4.78 is 5.31. The minimum Gasteiger partial charge on any atom is -0.379 e. The molecule has 8 heteroatoms. The lowest BCUT2D eigenvalue weighted by atomic mass is 10.3. The second kappa shape index (κ2) is 8.09. The van der Waals surface area contributed by atoms with Crippen LogP contribution in [-0.2, 0) is 4.74 Å². The molecule has 2 aromatic rings. The number of morpholine rings is 1. The lowest BCUT2D eigenvalue weighted by molar-refractivity contribution is 0.0374. The Morgan fingerprint density at radius 1 is 1.35 bits per heavy atom. The van der Waals surface area contributed by atoms with Gasteiger partial charge in [0.25, 0.3) is 5.91 Å². The summed E-state index contributed by atoms with van der Waals surface area (Å²) in [4.78, 5) is 27.0. The van der Waals surface area contributed by atoms with Crippen molar-refractivity contribution in [2.45, 2.75) is 6.42 Å². The highest BCUT2D eigenvalue weighted by Gasteiger charge is 2.13. The minimum atomic E-state index is -0.140. The molecule has 23 heavy (non-hydrogen) atoms. The highest BCUT2D eigenvalue weighted by molar-refractivity contribution is 7.13. The number of nitrogens with one attached hydrogen (secondary N) is 1. The number of carbonyl (C=O) groups is 1. The zero-order valence-electron chi connectivity index (χ0n) is 12.8. The third-order valence-electron chi connectivity index (χ3n) is 3.56. The van der Waals surface area contributed by atoms with Crippen LogP contribution in [0.2, 0.25) is 0 Å². The average molecular weight is 333 g/mol. The summed E-state index contributed by atoms with van der Waals surface area (Å²) >= 11 is 1.40. The highest BCUT2D eigenvalue weighted by Crippen LogP contribution is 2.20. The zero-order chi connectivity index (χ0) is 15.9. The van der Waals surface area contributed by atoms with Gasteiger partial charge in [-0.1, -0.05) is 0 Å². The molecule has 3 rings (SSSR count). The van der Waals surface area contributed by atoms with E-state index in [9.17, 15) is 4.79 Å². The van der Waals surface area contributed by atoms with Crippen LogP contribution in [0.1, 0.15) is 16.9 Å². The Morgan fingerprint density at radius 3 is 3.00 bits per heavy atom. The Kier molecular flexibility index (Phi) is 5.62. The normalized spacial score (nSPS) is 15.5. The fraction of sp³-hybridized carbons (Fsp3) is 0.467. The molecule has 3 heterocycles. The van der Waals surface area contributed by atoms with E-state index in [-0.39, 0.29) is 5.91 Å². The monoisotopic (exact) mass is 333 g/mol. The van der Waals surface area contributed by atoms with Crippen molar-refractivity contribution in [3.8, 4) is 10.7 Å². The molecule has 1 aliphatic heterocycles. The van der Waals surface area contributed by atoms with Gasteiger partial charge in [0.05, 0.1) is 19.4 Å². The van der Waals surface area contributed by atoms with E-state index in [0.717, 1.165) is 39.3 Å². The number of aromatic nitrogens is 3. The van der Waals surface area contributed by atoms with E-state index in [2.05, 4.69) is 25.2 Å². The fourth-order valence-corrected chi connectivity index (χ4v) is 3.09. The first-order valence-electron chi connectivity index (χ1n) is 7.63. The Balaban J connectivity index is 1.44. The molecular weight excluding hydrogens is 314 g/mol. The minimum absolute atomic E-state index is 0.140. The SMILES string of the molecule is O=C(NCCCN1CCOCC1)c1csc(-c2cnccn2)n1. The Morgan fingerprint density at radius 2 is 2.22 bits per heavy atom. The molecule has 0 unspecified atom stereocenters. The zero-order valence-corrected chi connectivity index (χ0v) is 13.6. The summed E-state index contributed by atoms with van der Waals surface area (Å²) in [6.45, 7) is 5.18. The number of ether oxygens (including phenoxy) is 1. The highest BCUT2D eigenvalue weighted by atomic mass is 32.1. The first-order chi connectivity index (χ1) is 11.3. The Hall–Kier alpha value is -1.90. The largest absolute Gasteiger partial charge is 0.379 e. The molecule has 7 nitrogen and oxygen atoms in total. The Bertz CT molecular complexity index is 628. The van der Waals surface area contributed by atoms with E-state index in [1.54, 1.807) is 24.0 Å². The number of hydrogen-bond acceptors (Lipinski definition) is 7. The molecule has 0 saturated carbocycles. The van der Waals surface area contributed by atoms with Crippen molar-refractivity contribution in [3.63, 3.8) is 0 Å². The molecular formula is C15H19N5O2S. The summed E-state index contributed by atoms with van der Waals surface area (Å²) in [5, 5.41) is 5.37. The number of nitrogens with zero attached hydrogens (tertiary/aromatic N) is 4. The second-order valence-electron chi connectivity index (χ2n) is 5.19. The lowest BCUT2D eigenvalue weighted by Crippen LogP contribution is -2.38. The van der Waals surface area contributed by atoms with Crippen molar-refractivity contribution >= 4 is 17.2 Å². The van der Waals surface area contributed by atoms with Crippen LogP contribution in [0.5, 0.6) is 0 Å². The molecule has 1 N–H and O–H groups in total. The van der Waals surface area contributed by atoms with E-state index in [1.165, 1.54) is 11.3 Å². The van der Waals surface area contributed by atoms with Crippen LogP contribution >= 0.6 is 11.3 Å². The van der Waals surface area contributed by atoms with Gasteiger partial charge in [-0.3, -0.25) is 19.7 Å². The van der Waals surface area contributed by atoms with Crippen LogP contribution in [0, 0.1) is 0 Å². The van der Waals surface area contributed by atoms with Crippen molar-refractivity contribution in [1.29, 1.82) is 0 Å². The maximum atomic E-state index is 12.1. The second-order valence-corrected chi connectivity index (χ2v) is 6.05. The van der Waals surface area contributed by atoms with Gasteiger partial charge in [0, 0.05) is 37.4 Å². The van der Waals surface area contributed by atoms with Crippen molar-refractivity contribution in [2.75, 3.05) is 39.4 Å². The third kappa shape index (κ3) is 4.54. The standard InChI is InChI=1S/C15H19N5O2S/c21-14(18-2-1-5-20-6-8-22-9-7-20)13-11-23-15(19-13)12-10-16-3-4-17-12/h3-4,10-11H,1-2,5-9H2,(H,18,21). The van der Waals surface area contributed by atoms with E-state index in [0.29, 0.717) is 22.9 Å². The first-order valence-corrected chi connectivity index (χ1v) is 8.51. The molecule has 1 aliphatic rings. The molecule has 0 bridgehead atoms. The molecule has 0 atom stereocenters. The van der Waals surface area contributed by atoms with Crippen molar-refractivity contribution in [2.24, 2.45) is 0 Å². The molecule has 0 radical (unpaired) electrons. The maximum Gasteiger partial charge on any atom is 0.270 e. The number of hydrogen-bond donors (Lipinski definition) is 1. The average Bonchev–Trinajstić information content (AvgIpc) is 3.10. The summed E-state index contributed by atoms with van der Waals surface area (Å²) in [6.07, 6.45) is 5.79. The van der Waals surface area contributed by atoms with Gasteiger partial charge in [-0.15, -0.1) is 11.3 Å². The van der Waals surface area contributed by atoms with E-state index in [4.69, 9.17) is 4.74 Å². The fourth-order valence-electron chi connectivity index (χ4n) is 2.33. The van der Waals surface area contributed by atoms with E-state index >= 15 is 0 Å². The van der Waals surface area contributed by atoms with Gasteiger partial charge in [-0.2, -0.15) is 0 Å². The molecule has 0 spiro atoms. The number of rotatable bonds is 6. The Labute approximate surface area is 138 Å². The van der Waals surface area contributed by atoms with Crippen LogP contribution in [0.15, 0.2) is 24.0 Å². The molecule has 0 aliphatic carbocycles. The maximum absolute atomic E-state index is 12.1. The topological polar surface area (TPSA) is 80.2 Å². The van der Waals surface area contributed by atoms with Crippen LogP contribution < -0.4 is 5.32 Å². The summed E-state index contributed by atoms with van der Waals surface area (Å²) in [5.41, 5.74) is 1.12. The summed E-state index contributed by atoms with van der Waals surface area (Å²) in [6, 6.07) is 0. The van der Waals surface area contributed by atoms with Crippen molar-refractivity contribution < 1.29 is 9.53 Å². The van der Waals surface area contributed by atoms with Gasteiger partial charge >= 0.3 is 0 Å². The van der Waals surface area contributed by atoms with Crippen LogP contribution in [0.25, 0.3) is 10.7 Å². The number of amides is 1. The molecule has 1 amide bonds. The molecule has 1 fully saturated rings. The van der Waals surface area contributed by atoms with Gasteiger partial charge in [0.2, 0.25) is 0 Å². The first kappa shape index (κ1) is 16.0. The lowest BCUT2D eigenvalue weighted by Gasteiger charge is -2.26. The predicted molar refractivity (Wildman–Crippen MR) is 87.3 cm³/mol. The summed E-state index contributed by atoms with van der Waals surface area (Å²) in [7, 11) is 0. The molecule has 122 valence electrons. The van der Waals surface area contributed by atoms with Gasteiger partial charge < -0.3 is 10.1 Å². The van der Waals surface area contributed by atoms with E-state index in [1.807, 2.05) is 0 Å². The molecule has 0 aromatic carbocycles. The molecule has 1 saturated heterocycles. The number of carbonyl (C=O) groups excluding carboxylic acids is 1. The predicted octanol–water partition coefficient (Wildman–Crippen LogP) is 1.05. The third-order valence-corrected chi connectivity index (χ3v) is 4.42. The van der Waals surface area contributed by atoms with Crippen LogP contribution in [-0.4, -0.2) is 65.2 Å². The molecule has 2 aromatic heterocycles. The number of thiazole rings is 1. The van der Waals surface area contributed by atoms with Gasteiger partial charge in [-0.05, 0) is 13.0 Å². The van der Waals surface area contributed by atoms with Gasteiger partial charge in [0.1, 0.15) is 16.4 Å². The van der Waals surface area contributed by atoms with Gasteiger partial charge in [-0.25, -0.2) is 4.98 Å². The smallest absolute Gasteiger partial charge is 0.270 e. The van der Waals surface area contributed by atoms with Gasteiger partial charge in [0.15, 0.2) is 0 Å². The van der Waals surface area contributed by atoms with Crippen molar-refractivity contribution in [3.05, 3.63) is 29.7 Å².